The van der Waals surface area contributed by atoms with E-state index >= 15 is 0 Å². The maximum Gasteiger partial charge on any atom is 0.320 e. The van der Waals surface area contributed by atoms with E-state index in [0.717, 1.165) is 6.42 Å². The van der Waals surface area contributed by atoms with Crippen LogP contribution in [-0.2, 0) is 4.79 Å². The van der Waals surface area contributed by atoms with Crippen molar-refractivity contribution in [2.24, 2.45) is 11.7 Å². The third-order valence-electron chi connectivity index (χ3n) is 1.54. The summed E-state index contributed by atoms with van der Waals surface area (Å²) in [6, 6.07) is -0.699. The topological polar surface area (TPSA) is 63.3 Å². The van der Waals surface area contributed by atoms with E-state index in [0.29, 0.717) is 0 Å². The fraction of sp³-hybridized carbons (Fsp3) is 0.833. The van der Waals surface area contributed by atoms with Gasteiger partial charge in [0, 0.05) is 41.7 Å². The Morgan fingerprint density at radius 3 is 2.20 bits per heavy atom. The van der Waals surface area contributed by atoms with Crippen LogP contribution in [0, 0.1) is 47.7 Å². The summed E-state index contributed by atoms with van der Waals surface area (Å²) in [6.45, 7) is 3.76. The molecule has 2 atom stereocenters. The molecule has 0 heterocycles. The average Bonchev–Trinajstić information content (AvgIpc) is 1.84. The number of hydrogen-bond donors (Lipinski definition) is 2. The molecule has 0 fully saturated rings. The molecule has 0 rings (SSSR count). The van der Waals surface area contributed by atoms with Crippen molar-refractivity contribution in [2.75, 3.05) is 0 Å². The number of hydrogen-bond acceptors (Lipinski definition) is 2. The molecule has 0 aromatic rings. The van der Waals surface area contributed by atoms with Gasteiger partial charge < -0.3 is 10.8 Å². The largest absolute Gasteiger partial charge is 0.480 e. The second kappa shape index (κ2) is 6.51. The van der Waals surface area contributed by atoms with Crippen LogP contribution < -0.4 is 5.73 Å². The van der Waals surface area contributed by atoms with E-state index in [-0.39, 0.29) is 47.7 Å². The number of aliphatic carboxylic acids is 1. The van der Waals surface area contributed by atoms with Crippen LogP contribution in [0.2, 0.25) is 0 Å². The van der Waals surface area contributed by atoms with Crippen LogP contribution in [0.25, 0.3) is 0 Å². The van der Waals surface area contributed by atoms with Crippen molar-refractivity contribution in [2.45, 2.75) is 26.3 Å². The van der Waals surface area contributed by atoms with Crippen LogP contribution >= 0.6 is 0 Å². The van der Waals surface area contributed by atoms with E-state index < -0.39 is 12.0 Å². The Hall–Kier alpha value is 0.807. The monoisotopic (exact) mass is 271 g/mol. The van der Waals surface area contributed by atoms with Crippen LogP contribution in [-0.4, -0.2) is 17.1 Å². The van der Waals surface area contributed by atoms with Crippen LogP contribution in [0.15, 0.2) is 0 Å². The van der Waals surface area contributed by atoms with Gasteiger partial charge in [0.15, 0.2) is 0 Å². The first kappa shape index (κ1) is 13.4. The fourth-order valence-corrected chi connectivity index (χ4v) is 0.497. The van der Waals surface area contributed by atoms with Gasteiger partial charge in [-0.1, -0.05) is 20.3 Å². The zero-order chi connectivity index (χ0) is 7.44. The van der Waals surface area contributed by atoms with Gasteiger partial charge in [-0.15, -0.1) is 0 Å². The summed E-state index contributed by atoms with van der Waals surface area (Å²) in [5, 5.41) is 8.36. The van der Waals surface area contributed by atoms with E-state index in [9.17, 15) is 4.79 Å². The van der Waals surface area contributed by atoms with Crippen molar-refractivity contribution in [1.29, 1.82) is 0 Å². The third-order valence-corrected chi connectivity index (χ3v) is 1.54. The standard InChI is InChI=1S/C6H13NO2.Ce/c1-3-4(2)5(7)6(8)9;/h4-5H,3,7H2,1-2H3,(H,8,9);/t4-,5-;/m0./s1. The van der Waals surface area contributed by atoms with Gasteiger partial charge in [0.1, 0.15) is 6.04 Å². The van der Waals surface area contributed by atoms with Crippen molar-refractivity contribution >= 4 is 5.97 Å². The first-order valence-electron chi connectivity index (χ1n) is 3.08. The van der Waals surface area contributed by atoms with E-state index in [2.05, 4.69) is 0 Å². The van der Waals surface area contributed by atoms with Crippen LogP contribution in [0.4, 0.5) is 0 Å². The van der Waals surface area contributed by atoms with E-state index in [4.69, 9.17) is 10.8 Å². The van der Waals surface area contributed by atoms with E-state index in [1.165, 1.54) is 0 Å². The summed E-state index contributed by atoms with van der Waals surface area (Å²) >= 11 is 0. The van der Waals surface area contributed by atoms with Crippen molar-refractivity contribution in [3.05, 3.63) is 0 Å². The number of carboxylic acids is 1. The zero-order valence-corrected chi connectivity index (χ0v) is 9.43. The van der Waals surface area contributed by atoms with Gasteiger partial charge in [0.25, 0.3) is 0 Å². The number of nitrogens with two attached hydrogens (primary N) is 1. The molecule has 0 radical (unpaired) electrons. The first-order valence-corrected chi connectivity index (χ1v) is 3.08. The van der Waals surface area contributed by atoms with Gasteiger partial charge in [-0.05, 0) is 5.92 Å². The van der Waals surface area contributed by atoms with Gasteiger partial charge in [0.05, 0.1) is 0 Å². The summed E-state index contributed by atoms with van der Waals surface area (Å²) in [7, 11) is 0. The Morgan fingerprint density at radius 2 is 2.10 bits per heavy atom. The molecular formula is C6H13CeNO2. The Labute approximate surface area is 94.7 Å². The van der Waals surface area contributed by atoms with Gasteiger partial charge in [-0.3, -0.25) is 4.79 Å². The van der Waals surface area contributed by atoms with Crippen molar-refractivity contribution in [1.82, 2.24) is 0 Å². The molecular weight excluding hydrogens is 258 g/mol. The molecule has 0 amide bonds. The smallest absolute Gasteiger partial charge is 0.320 e. The maximum atomic E-state index is 10.2. The normalized spacial score (nSPS) is 15.1. The van der Waals surface area contributed by atoms with Crippen molar-refractivity contribution < 1.29 is 51.6 Å². The summed E-state index contributed by atoms with van der Waals surface area (Å²) in [6.07, 6.45) is 0.813. The molecule has 0 aromatic heterocycles. The summed E-state index contributed by atoms with van der Waals surface area (Å²) in [5.74, 6) is -0.841. The maximum absolute atomic E-state index is 10.2. The van der Waals surface area contributed by atoms with Crippen LogP contribution in [0.3, 0.4) is 0 Å². The average molecular weight is 271 g/mol. The molecule has 0 saturated carbocycles. The summed E-state index contributed by atoms with van der Waals surface area (Å²) in [4.78, 5) is 10.2. The Morgan fingerprint density at radius 1 is 1.70 bits per heavy atom. The molecule has 3 nitrogen and oxygen atoms in total. The zero-order valence-electron chi connectivity index (χ0n) is 6.29. The molecule has 58 valence electrons. The van der Waals surface area contributed by atoms with Crippen molar-refractivity contribution in [3.8, 4) is 0 Å². The number of rotatable bonds is 3. The fourth-order valence-electron chi connectivity index (χ4n) is 0.497. The van der Waals surface area contributed by atoms with Gasteiger partial charge in [-0.2, -0.15) is 0 Å². The Balaban J connectivity index is 0. The molecule has 0 aliphatic rings. The molecule has 4 heteroatoms. The number of carboxylic acid groups (broad SMARTS) is 1. The predicted molar refractivity (Wildman–Crippen MR) is 35.1 cm³/mol. The molecule has 0 saturated heterocycles. The molecule has 10 heavy (non-hydrogen) atoms. The van der Waals surface area contributed by atoms with Crippen LogP contribution in [0.5, 0.6) is 0 Å². The van der Waals surface area contributed by atoms with Crippen molar-refractivity contribution in [3.63, 3.8) is 0 Å². The van der Waals surface area contributed by atoms with E-state index in [1.54, 1.807) is 0 Å². The van der Waals surface area contributed by atoms with Crippen LogP contribution in [0.1, 0.15) is 20.3 Å². The quantitative estimate of drug-likeness (QED) is 0.783. The Kier molecular flexibility index (Phi) is 8.73. The second-order valence-electron chi connectivity index (χ2n) is 2.25. The molecule has 3 N–H and O–H groups in total. The Bertz CT molecular complexity index is 108. The molecule has 0 spiro atoms. The second-order valence-corrected chi connectivity index (χ2v) is 2.25. The molecule has 0 bridgehead atoms. The minimum absolute atomic E-state index is 0. The summed E-state index contributed by atoms with van der Waals surface area (Å²) < 4.78 is 0. The summed E-state index contributed by atoms with van der Waals surface area (Å²) in [5.41, 5.74) is 5.27. The van der Waals surface area contributed by atoms with E-state index in [1.807, 2.05) is 13.8 Å². The third kappa shape index (κ3) is 4.60. The first-order chi connectivity index (χ1) is 4.09. The minimum atomic E-state index is -0.913. The molecule has 0 aromatic carbocycles. The minimum Gasteiger partial charge on any atom is -0.480 e. The SMILES string of the molecule is CC[C@H](C)[C@H](N)C(=O)O.[Ce]. The molecule has 0 unspecified atom stereocenters. The number of carbonyl (C=O) groups is 1. The molecule has 0 aliphatic carbocycles. The van der Waals surface area contributed by atoms with Gasteiger partial charge in [0.2, 0.25) is 0 Å². The predicted octanol–water partition coefficient (Wildman–Crippen LogP) is 0.444. The van der Waals surface area contributed by atoms with Gasteiger partial charge in [-0.25, -0.2) is 0 Å². The van der Waals surface area contributed by atoms with Gasteiger partial charge >= 0.3 is 5.97 Å². The molecule has 0 aliphatic heterocycles.